The summed E-state index contributed by atoms with van der Waals surface area (Å²) in [6.07, 6.45) is 4.38. The highest BCUT2D eigenvalue weighted by Gasteiger charge is 2.40. The first-order valence-electron chi connectivity index (χ1n) is 11.3. The molecule has 0 aromatic carbocycles. The van der Waals surface area contributed by atoms with Crippen molar-refractivity contribution in [2.24, 2.45) is 17.3 Å². The molecule has 1 aromatic heterocycles. The average molecular weight is 450 g/mol. The first-order valence-corrected chi connectivity index (χ1v) is 11.3. The van der Waals surface area contributed by atoms with E-state index in [1.54, 1.807) is 0 Å². The Balaban J connectivity index is 1.67. The lowest BCUT2D eigenvalue weighted by molar-refractivity contribution is -0.135. The lowest BCUT2D eigenvalue weighted by Gasteiger charge is -2.33. The van der Waals surface area contributed by atoms with Crippen molar-refractivity contribution in [3.63, 3.8) is 0 Å². The zero-order valence-corrected chi connectivity index (χ0v) is 19.4. The molecular weight excluding hydrogens is 414 g/mol. The second-order valence-corrected chi connectivity index (χ2v) is 9.68. The molecular formula is C23H35N3O6. The molecule has 0 saturated carbocycles. The molecule has 0 aliphatic carbocycles. The van der Waals surface area contributed by atoms with Crippen LogP contribution in [0.1, 0.15) is 47.0 Å². The molecule has 3 amide bonds. The van der Waals surface area contributed by atoms with Crippen LogP contribution in [0.4, 0.5) is 4.79 Å². The fraction of sp³-hybridized carbons (Fsp3) is 0.696. The Morgan fingerprint density at radius 3 is 2.56 bits per heavy atom. The number of carbonyl (C=O) groups is 3. The second-order valence-electron chi connectivity index (χ2n) is 9.68. The summed E-state index contributed by atoms with van der Waals surface area (Å²) in [5.74, 6) is -0.197. The van der Waals surface area contributed by atoms with Crippen molar-refractivity contribution in [3.05, 3.63) is 18.6 Å². The summed E-state index contributed by atoms with van der Waals surface area (Å²) in [5, 5.41) is 5.65. The van der Waals surface area contributed by atoms with Crippen LogP contribution in [0.25, 0.3) is 0 Å². The van der Waals surface area contributed by atoms with E-state index < -0.39 is 24.1 Å². The van der Waals surface area contributed by atoms with Gasteiger partial charge in [0.05, 0.1) is 31.4 Å². The average Bonchev–Trinajstić information content (AvgIpc) is 3.49. The summed E-state index contributed by atoms with van der Waals surface area (Å²) >= 11 is 0. The number of carbonyl (C=O) groups excluding carboxylic acids is 3. The summed E-state index contributed by atoms with van der Waals surface area (Å²) in [7, 11) is 0. The minimum atomic E-state index is -0.824. The van der Waals surface area contributed by atoms with Crippen LogP contribution in [0.5, 0.6) is 5.75 Å². The maximum absolute atomic E-state index is 13.2. The van der Waals surface area contributed by atoms with Crippen molar-refractivity contribution in [1.29, 1.82) is 0 Å². The third-order valence-corrected chi connectivity index (χ3v) is 6.75. The maximum Gasteiger partial charge on any atom is 0.413 e. The first kappa shape index (κ1) is 24.1. The van der Waals surface area contributed by atoms with Crippen LogP contribution in [0, 0.1) is 17.3 Å². The van der Waals surface area contributed by atoms with E-state index in [2.05, 4.69) is 38.3 Å². The Labute approximate surface area is 189 Å². The van der Waals surface area contributed by atoms with E-state index in [-0.39, 0.29) is 35.5 Å². The lowest BCUT2D eigenvalue weighted by atomic mass is 9.76. The van der Waals surface area contributed by atoms with Gasteiger partial charge >= 0.3 is 6.09 Å². The molecule has 9 heteroatoms. The van der Waals surface area contributed by atoms with Crippen LogP contribution in [-0.2, 0) is 14.3 Å². The van der Waals surface area contributed by atoms with Gasteiger partial charge in [-0.15, -0.1) is 0 Å². The molecule has 1 aromatic rings. The number of rotatable bonds is 8. The molecule has 2 saturated heterocycles. The molecule has 2 aliphatic heterocycles. The van der Waals surface area contributed by atoms with E-state index in [0.29, 0.717) is 13.0 Å². The van der Waals surface area contributed by atoms with E-state index in [9.17, 15) is 14.4 Å². The summed E-state index contributed by atoms with van der Waals surface area (Å²) < 4.78 is 15.6. The number of hydrogen-bond acceptors (Lipinski definition) is 6. The predicted molar refractivity (Wildman–Crippen MR) is 117 cm³/mol. The van der Waals surface area contributed by atoms with Crippen molar-refractivity contribution >= 4 is 17.9 Å². The minimum Gasteiger partial charge on any atom is -0.469 e. The minimum absolute atomic E-state index is 0.0247. The SMILES string of the molecule is CC(C)C(C)(C)C[C@H](NC(=O)Oc1ccoc1)C(=O)NC1COCC1C(=O)N1CCCC1. The Kier molecular flexibility index (Phi) is 7.82. The smallest absolute Gasteiger partial charge is 0.413 e. The van der Waals surface area contributed by atoms with E-state index in [1.165, 1.54) is 18.6 Å². The Hall–Kier alpha value is -2.55. The molecule has 2 aliphatic rings. The number of furan rings is 1. The van der Waals surface area contributed by atoms with Gasteiger partial charge in [-0.3, -0.25) is 9.59 Å². The third-order valence-electron chi connectivity index (χ3n) is 6.75. The number of ether oxygens (including phenoxy) is 2. The van der Waals surface area contributed by atoms with Gasteiger partial charge in [-0.2, -0.15) is 0 Å². The summed E-state index contributed by atoms with van der Waals surface area (Å²) in [5.41, 5.74) is -0.220. The highest BCUT2D eigenvalue weighted by molar-refractivity contribution is 5.87. The van der Waals surface area contributed by atoms with E-state index in [0.717, 1.165) is 25.9 Å². The lowest BCUT2D eigenvalue weighted by Crippen LogP contribution is -2.55. The third kappa shape index (κ3) is 6.03. The second kappa shape index (κ2) is 10.4. The molecule has 3 rings (SSSR count). The van der Waals surface area contributed by atoms with Gasteiger partial charge < -0.3 is 29.4 Å². The van der Waals surface area contributed by atoms with Gasteiger partial charge in [0, 0.05) is 19.2 Å². The maximum atomic E-state index is 13.2. The van der Waals surface area contributed by atoms with Gasteiger partial charge in [0.15, 0.2) is 5.75 Å². The van der Waals surface area contributed by atoms with Crippen LogP contribution in [0.15, 0.2) is 23.0 Å². The number of nitrogens with one attached hydrogen (secondary N) is 2. The fourth-order valence-corrected chi connectivity index (χ4v) is 3.96. The quantitative estimate of drug-likeness (QED) is 0.631. The number of hydrogen-bond donors (Lipinski definition) is 2. The van der Waals surface area contributed by atoms with Crippen molar-refractivity contribution in [2.75, 3.05) is 26.3 Å². The molecule has 2 unspecified atom stereocenters. The van der Waals surface area contributed by atoms with Gasteiger partial charge in [-0.05, 0) is 30.6 Å². The van der Waals surface area contributed by atoms with Crippen LogP contribution >= 0.6 is 0 Å². The molecule has 2 N–H and O–H groups in total. The van der Waals surface area contributed by atoms with Crippen LogP contribution < -0.4 is 15.4 Å². The van der Waals surface area contributed by atoms with Crippen molar-refractivity contribution in [1.82, 2.24) is 15.5 Å². The normalized spacial score (nSPS) is 22.1. The van der Waals surface area contributed by atoms with Gasteiger partial charge in [0.2, 0.25) is 11.8 Å². The molecule has 0 spiro atoms. The van der Waals surface area contributed by atoms with Gasteiger partial charge in [0.1, 0.15) is 12.3 Å². The highest BCUT2D eigenvalue weighted by atomic mass is 16.6. The molecule has 0 bridgehead atoms. The van der Waals surface area contributed by atoms with Crippen molar-refractivity contribution < 1.29 is 28.3 Å². The molecule has 32 heavy (non-hydrogen) atoms. The zero-order valence-electron chi connectivity index (χ0n) is 19.4. The Morgan fingerprint density at radius 2 is 1.94 bits per heavy atom. The topological polar surface area (TPSA) is 110 Å². The van der Waals surface area contributed by atoms with Crippen molar-refractivity contribution in [2.45, 2.75) is 59.0 Å². The number of nitrogens with zero attached hydrogens (tertiary/aromatic N) is 1. The Bertz CT molecular complexity index is 786. The standard InChI is InChI=1S/C23H35N3O6/c1-15(2)23(3,4)11-18(25-22(29)32-16-7-10-30-12-16)20(27)24-19-14-31-13-17(19)21(28)26-8-5-6-9-26/h7,10,12,15,17-19H,5-6,8-9,11,13-14H2,1-4H3,(H,24,27)(H,25,29)/t17?,18-,19?/m0/s1. The predicted octanol–water partition coefficient (Wildman–Crippen LogP) is 2.56. The van der Waals surface area contributed by atoms with Crippen molar-refractivity contribution in [3.8, 4) is 5.75 Å². The fourth-order valence-electron chi connectivity index (χ4n) is 3.96. The summed E-state index contributed by atoms with van der Waals surface area (Å²) in [6.45, 7) is 10.3. The molecule has 9 nitrogen and oxygen atoms in total. The molecule has 178 valence electrons. The van der Waals surface area contributed by atoms with E-state index in [4.69, 9.17) is 13.9 Å². The summed E-state index contributed by atoms with van der Waals surface area (Å²) in [4.78, 5) is 40.4. The molecule has 0 radical (unpaired) electrons. The number of amides is 3. The highest BCUT2D eigenvalue weighted by Crippen LogP contribution is 2.32. The largest absolute Gasteiger partial charge is 0.469 e. The van der Waals surface area contributed by atoms with Gasteiger partial charge in [-0.25, -0.2) is 4.79 Å². The van der Waals surface area contributed by atoms with Crippen LogP contribution in [0.3, 0.4) is 0 Å². The van der Waals surface area contributed by atoms with Crippen LogP contribution in [0.2, 0.25) is 0 Å². The van der Waals surface area contributed by atoms with Gasteiger partial charge in [-0.1, -0.05) is 27.7 Å². The molecule has 3 atom stereocenters. The Morgan fingerprint density at radius 1 is 1.22 bits per heavy atom. The summed E-state index contributed by atoms with van der Waals surface area (Å²) in [6, 6.07) is 0.263. The van der Waals surface area contributed by atoms with E-state index in [1.807, 2.05) is 4.90 Å². The monoisotopic (exact) mass is 449 g/mol. The molecule has 3 heterocycles. The molecule has 2 fully saturated rings. The van der Waals surface area contributed by atoms with Crippen LogP contribution in [-0.4, -0.2) is 61.2 Å². The number of likely N-dealkylation sites (tertiary alicyclic amines) is 1. The zero-order chi connectivity index (χ0) is 23.3. The first-order chi connectivity index (χ1) is 15.2. The van der Waals surface area contributed by atoms with Gasteiger partial charge in [0.25, 0.3) is 0 Å². The van der Waals surface area contributed by atoms with E-state index >= 15 is 0 Å².